The summed E-state index contributed by atoms with van der Waals surface area (Å²) >= 11 is 1.55. The van der Waals surface area contributed by atoms with Crippen molar-refractivity contribution in [3.63, 3.8) is 0 Å². The molecule has 0 unspecified atom stereocenters. The van der Waals surface area contributed by atoms with Crippen molar-refractivity contribution >= 4 is 17.3 Å². The molecule has 0 aliphatic heterocycles. The first-order valence-corrected chi connectivity index (χ1v) is 8.36. The van der Waals surface area contributed by atoms with Crippen LogP contribution >= 0.6 is 11.3 Å². The number of hydrogen-bond acceptors (Lipinski definition) is 6. The summed E-state index contributed by atoms with van der Waals surface area (Å²) in [4.78, 5) is 13.3. The van der Waals surface area contributed by atoms with Gasteiger partial charge < -0.3 is 14.0 Å². The Bertz CT molecular complexity index is 804. The molecule has 5 nitrogen and oxygen atoms in total. The van der Waals surface area contributed by atoms with Crippen LogP contribution in [-0.2, 0) is 18.0 Å². The van der Waals surface area contributed by atoms with Gasteiger partial charge in [-0.1, -0.05) is 23.4 Å². The summed E-state index contributed by atoms with van der Waals surface area (Å²) < 4.78 is 16.3. The van der Waals surface area contributed by atoms with Crippen LogP contribution in [0.25, 0.3) is 0 Å². The lowest BCUT2D eigenvalue weighted by atomic mass is 10.2. The van der Waals surface area contributed by atoms with Gasteiger partial charge in [-0.25, -0.2) is 4.79 Å². The number of hydrogen-bond donors (Lipinski definition) is 0. The van der Waals surface area contributed by atoms with Crippen LogP contribution in [0.2, 0.25) is 0 Å². The van der Waals surface area contributed by atoms with E-state index in [1.807, 2.05) is 37.4 Å². The number of esters is 1. The predicted octanol–water partition coefficient (Wildman–Crippen LogP) is 4.29. The van der Waals surface area contributed by atoms with E-state index in [-0.39, 0.29) is 13.2 Å². The van der Waals surface area contributed by atoms with Gasteiger partial charge in [0.25, 0.3) is 0 Å². The molecule has 0 aliphatic rings. The SMILES string of the molecule is Cc1noc(C)c1COc1ccccc1C(=O)OCc1cccs1. The lowest BCUT2D eigenvalue weighted by molar-refractivity contribution is 0.0471. The number of benzene rings is 1. The van der Waals surface area contributed by atoms with Gasteiger partial charge in [0.05, 0.1) is 11.3 Å². The third-order valence-corrected chi connectivity index (χ3v) is 4.44. The molecule has 0 N–H and O–H groups in total. The zero-order valence-electron chi connectivity index (χ0n) is 13.4. The number of nitrogens with zero attached hydrogens (tertiary/aromatic N) is 1. The smallest absolute Gasteiger partial charge is 0.342 e. The molecule has 0 amide bonds. The quantitative estimate of drug-likeness (QED) is 0.625. The molecule has 2 heterocycles. The molecule has 0 bridgehead atoms. The Morgan fingerprint density at radius 1 is 1.17 bits per heavy atom. The Morgan fingerprint density at radius 2 is 2.00 bits per heavy atom. The first kappa shape index (κ1) is 16.3. The second-order valence-electron chi connectivity index (χ2n) is 5.24. The van der Waals surface area contributed by atoms with Gasteiger partial charge in [0.1, 0.15) is 30.3 Å². The summed E-state index contributed by atoms with van der Waals surface area (Å²) in [5.41, 5.74) is 2.07. The van der Waals surface area contributed by atoms with Crippen LogP contribution < -0.4 is 4.74 Å². The second kappa shape index (κ2) is 7.31. The number of thiophene rings is 1. The summed E-state index contributed by atoms with van der Waals surface area (Å²) in [6.45, 7) is 4.24. The minimum Gasteiger partial charge on any atom is -0.488 e. The van der Waals surface area contributed by atoms with Crippen molar-refractivity contribution in [3.05, 3.63) is 69.2 Å². The zero-order valence-corrected chi connectivity index (χ0v) is 14.3. The van der Waals surface area contributed by atoms with Crippen LogP contribution in [0.3, 0.4) is 0 Å². The highest BCUT2D eigenvalue weighted by atomic mass is 32.1. The van der Waals surface area contributed by atoms with Gasteiger partial charge in [0.15, 0.2) is 0 Å². The number of rotatable bonds is 6. The Morgan fingerprint density at radius 3 is 2.71 bits per heavy atom. The van der Waals surface area contributed by atoms with E-state index in [2.05, 4.69) is 5.16 Å². The maximum Gasteiger partial charge on any atom is 0.342 e. The van der Waals surface area contributed by atoms with Crippen LogP contribution in [-0.4, -0.2) is 11.1 Å². The fourth-order valence-corrected chi connectivity index (χ4v) is 2.84. The van der Waals surface area contributed by atoms with Crippen molar-refractivity contribution < 1.29 is 18.8 Å². The molecule has 3 aromatic rings. The van der Waals surface area contributed by atoms with Gasteiger partial charge in [-0.15, -0.1) is 11.3 Å². The molecule has 0 spiro atoms. The molecule has 0 saturated heterocycles. The first-order chi connectivity index (χ1) is 11.6. The van der Waals surface area contributed by atoms with E-state index in [0.717, 1.165) is 16.1 Å². The molecule has 3 rings (SSSR count). The summed E-state index contributed by atoms with van der Waals surface area (Å²) in [6, 6.07) is 10.9. The molecule has 0 fully saturated rings. The number of carbonyl (C=O) groups excluding carboxylic acids is 1. The van der Waals surface area contributed by atoms with Crippen molar-refractivity contribution in [2.24, 2.45) is 0 Å². The van der Waals surface area contributed by atoms with Crippen molar-refractivity contribution in [3.8, 4) is 5.75 Å². The van der Waals surface area contributed by atoms with Crippen molar-refractivity contribution in [1.82, 2.24) is 5.16 Å². The summed E-state index contributed by atoms with van der Waals surface area (Å²) in [7, 11) is 0. The Kier molecular flexibility index (Phi) is 4.96. The molecule has 24 heavy (non-hydrogen) atoms. The van der Waals surface area contributed by atoms with Crippen LogP contribution in [0.1, 0.15) is 32.3 Å². The third-order valence-electron chi connectivity index (χ3n) is 3.59. The molecular formula is C18H17NO4S. The van der Waals surface area contributed by atoms with E-state index in [0.29, 0.717) is 17.1 Å². The molecule has 124 valence electrons. The highest BCUT2D eigenvalue weighted by Crippen LogP contribution is 2.23. The monoisotopic (exact) mass is 343 g/mol. The molecule has 0 radical (unpaired) electrons. The minimum absolute atomic E-state index is 0.259. The first-order valence-electron chi connectivity index (χ1n) is 7.48. The lowest BCUT2D eigenvalue weighted by Gasteiger charge is -2.11. The number of aryl methyl sites for hydroxylation is 2. The highest BCUT2D eigenvalue weighted by Gasteiger charge is 2.16. The van der Waals surface area contributed by atoms with Gasteiger partial charge in [-0.3, -0.25) is 0 Å². The molecule has 6 heteroatoms. The fourth-order valence-electron chi connectivity index (χ4n) is 2.23. The zero-order chi connectivity index (χ0) is 16.9. The number of aromatic nitrogens is 1. The Balaban J connectivity index is 1.69. The van der Waals surface area contributed by atoms with E-state index in [1.165, 1.54) is 0 Å². The average Bonchev–Trinajstić information content (AvgIpc) is 3.22. The number of para-hydroxylation sites is 1. The van der Waals surface area contributed by atoms with Crippen LogP contribution in [0.15, 0.2) is 46.3 Å². The molecular weight excluding hydrogens is 326 g/mol. The van der Waals surface area contributed by atoms with E-state index in [4.69, 9.17) is 14.0 Å². The second-order valence-corrected chi connectivity index (χ2v) is 6.28. The maximum absolute atomic E-state index is 12.3. The van der Waals surface area contributed by atoms with Gasteiger partial charge >= 0.3 is 5.97 Å². The average molecular weight is 343 g/mol. The van der Waals surface area contributed by atoms with E-state index in [1.54, 1.807) is 29.5 Å². The van der Waals surface area contributed by atoms with Gasteiger partial charge in [0.2, 0.25) is 0 Å². The molecule has 0 atom stereocenters. The topological polar surface area (TPSA) is 61.6 Å². The molecule has 1 aromatic carbocycles. The van der Waals surface area contributed by atoms with E-state index in [9.17, 15) is 4.79 Å². The Hall–Kier alpha value is -2.60. The maximum atomic E-state index is 12.3. The molecule has 0 aliphatic carbocycles. The van der Waals surface area contributed by atoms with Crippen molar-refractivity contribution in [1.29, 1.82) is 0 Å². The standard InChI is InChI=1S/C18H17NO4S/c1-12-16(13(2)23-19-12)11-21-17-8-4-3-7-15(17)18(20)22-10-14-6-5-9-24-14/h3-9H,10-11H2,1-2H3. The van der Waals surface area contributed by atoms with Crippen molar-refractivity contribution in [2.45, 2.75) is 27.1 Å². The summed E-state index contributed by atoms with van der Waals surface area (Å²) in [6.07, 6.45) is 0. The van der Waals surface area contributed by atoms with Crippen molar-refractivity contribution in [2.75, 3.05) is 0 Å². The van der Waals surface area contributed by atoms with Gasteiger partial charge in [-0.2, -0.15) is 0 Å². The third kappa shape index (κ3) is 3.65. The Labute approximate surface area is 143 Å². The van der Waals surface area contributed by atoms with E-state index < -0.39 is 5.97 Å². The highest BCUT2D eigenvalue weighted by molar-refractivity contribution is 7.09. The van der Waals surface area contributed by atoms with E-state index >= 15 is 0 Å². The summed E-state index contributed by atoms with van der Waals surface area (Å²) in [5, 5.41) is 5.85. The predicted molar refractivity (Wildman–Crippen MR) is 90.2 cm³/mol. The minimum atomic E-state index is -0.405. The number of ether oxygens (including phenoxy) is 2. The molecule has 0 saturated carbocycles. The lowest BCUT2D eigenvalue weighted by Crippen LogP contribution is -2.08. The van der Waals surface area contributed by atoms with Gasteiger partial charge in [-0.05, 0) is 37.4 Å². The normalized spacial score (nSPS) is 10.6. The largest absolute Gasteiger partial charge is 0.488 e. The van der Waals surface area contributed by atoms with Gasteiger partial charge in [0, 0.05) is 4.88 Å². The summed E-state index contributed by atoms with van der Waals surface area (Å²) in [5.74, 6) is 0.789. The van der Waals surface area contributed by atoms with Crippen LogP contribution in [0.5, 0.6) is 5.75 Å². The van der Waals surface area contributed by atoms with Crippen LogP contribution in [0, 0.1) is 13.8 Å². The molecule has 2 aromatic heterocycles. The van der Waals surface area contributed by atoms with Crippen LogP contribution in [0.4, 0.5) is 0 Å². The number of carbonyl (C=O) groups is 1. The fraction of sp³-hybridized carbons (Fsp3) is 0.222.